The fourth-order valence-electron chi connectivity index (χ4n) is 2.79. The van der Waals surface area contributed by atoms with E-state index in [4.69, 9.17) is 0 Å². The van der Waals surface area contributed by atoms with Gasteiger partial charge in [0.15, 0.2) is 0 Å². The number of hydrogen-bond acceptors (Lipinski definition) is 3. The van der Waals surface area contributed by atoms with Crippen molar-refractivity contribution in [1.82, 2.24) is 9.78 Å². The Labute approximate surface area is 125 Å². The van der Waals surface area contributed by atoms with E-state index in [0.717, 1.165) is 29.7 Å². The van der Waals surface area contributed by atoms with E-state index in [2.05, 4.69) is 11.2 Å². The highest BCUT2D eigenvalue weighted by atomic mass is 32.2. The molecule has 0 saturated carbocycles. The summed E-state index contributed by atoms with van der Waals surface area (Å²) in [6.07, 6.45) is 3.21. The minimum atomic E-state index is -3.55. The molecule has 112 valence electrons. The summed E-state index contributed by atoms with van der Waals surface area (Å²) in [5, 5.41) is 4.06. The second-order valence-corrected chi connectivity index (χ2v) is 7.36. The van der Waals surface area contributed by atoms with Gasteiger partial charge in [0.05, 0.1) is 17.6 Å². The Morgan fingerprint density at radius 3 is 2.67 bits per heavy atom. The van der Waals surface area contributed by atoms with Gasteiger partial charge < -0.3 is 0 Å². The van der Waals surface area contributed by atoms with E-state index in [0.29, 0.717) is 17.1 Å². The van der Waals surface area contributed by atoms with E-state index in [1.807, 2.05) is 19.1 Å². The molecular weight excluding hydrogens is 286 g/mol. The summed E-state index contributed by atoms with van der Waals surface area (Å²) >= 11 is 0. The van der Waals surface area contributed by atoms with Crippen molar-refractivity contribution in [2.45, 2.75) is 31.6 Å². The molecule has 5 nitrogen and oxygen atoms in total. The van der Waals surface area contributed by atoms with Crippen LogP contribution in [0.15, 0.2) is 29.3 Å². The molecule has 1 aliphatic rings. The Hall–Kier alpha value is -1.82. The summed E-state index contributed by atoms with van der Waals surface area (Å²) in [6, 6.07) is 5.95. The summed E-state index contributed by atoms with van der Waals surface area (Å²) < 4.78 is 29.0. The van der Waals surface area contributed by atoms with E-state index in [1.54, 1.807) is 18.7 Å². The van der Waals surface area contributed by atoms with Gasteiger partial charge in [0.1, 0.15) is 4.90 Å². The zero-order valence-electron chi connectivity index (χ0n) is 12.5. The first-order chi connectivity index (χ1) is 9.91. The highest BCUT2D eigenvalue weighted by Crippen LogP contribution is 2.33. The molecule has 0 aliphatic carbocycles. The number of aromatic nitrogens is 2. The van der Waals surface area contributed by atoms with Gasteiger partial charge in [0, 0.05) is 13.6 Å². The molecule has 0 atom stereocenters. The minimum Gasteiger partial charge on any atom is -0.272 e. The lowest BCUT2D eigenvalue weighted by molar-refractivity contribution is 0.585. The van der Waals surface area contributed by atoms with E-state index < -0.39 is 10.0 Å². The Balaban J connectivity index is 2.12. The van der Waals surface area contributed by atoms with Crippen LogP contribution in [0.1, 0.15) is 23.2 Å². The van der Waals surface area contributed by atoms with Crippen LogP contribution < -0.4 is 4.31 Å². The highest BCUT2D eigenvalue weighted by molar-refractivity contribution is 7.92. The maximum absolute atomic E-state index is 12.9. The van der Waals surface area contributed by atoms with E-state index in [9.17, 15) is 8.42 Å². The van der Waals surface area contributed by atoms with Gasteiger partial charge in [-0.25, -0.2) is 8.42 Å². The van der Waals surface area contributed by atoms with E-state index >= 15 is 0 Å². The second kappa shape index (κ2) is 4.87. The largest absolute Gasteiger partial charge is 0.272 e. The van der Waals surface area contributed by atoms with Gasteiger partial charge in [0.2, 0.25) is 0 Å². The van der Waals surface area contributed by atoms with Crippen LogP contribution in [0, 0.1) is 13.8 Å². The van der Waals surface area contributed by atoms with Gasteiger partial charge >= 0.3 is 0 Å². The molecule has 1 aliphatic heterocycles. The molecule has 2 aromatic rings. The zero-order valence-corrected chi connectivity index (χ0v) is 13.3. The first-order valence-corrected chi connectivity index (χ1v) is 8.46. The average Bonchev–Trinajstić information content (AvgIpc) is 2.78. The number of anilines is 1. The fraction of sp³-hybridized carbons (Fsp3) is 0.400. The molecule has 0 fully saturated rings. The minimum absolute atomic E-state index is 0.290. The molecule has 0 N–H and O–H groups in total. The Morgan fingerprint density at radius 2 is 2.00 bits per heavy atom. The van der Waals surface area contributed by atoms with Gasteiger partial charge in [-0.15, -0.1) is 0 Å². The van der Waals surface area contributed by atoms with Crippen LogP contribution in [0.5, 0.6) is 0 Å². The summed E-state index contributed by atoms with van der Waals surface area (Å²) in [6.45, 7) is 4.33. The summed E-state index contributed by atoms with van der Waals surface area (Å²) in [5.41, 5.74) is 3.72. The molecule has 0 spiro atoms. The number of hydrogen-bond donors (Lipinski definition) is 0. The molecule has 0 unspecified atom stereocenters. The molecule has 2 heterocycles. The number of fused-ring (bicyclic) bond motifs is 1. The zero-order chi connectivity index (χ0) is 15.2. The predicted octanol–water partition coefficient (Wildman–Crippen LogP) is 2.18. The molecule has 0 saturated heterocycles. The highest BCUT2D eigenvalue weighted by Gasteiger charge is 2.31. The van der Waals surface area contributed by atoms with Crippen LogP contribution in [0.3, 0.4) is 0 Å². The third-order valence-electron chi connectivity index (χ3n) is 4.07. The predicted molar refractivity (Wildman–Crippen MR) is 82.0 cm³/mol. The van der Waals surface area contributed by atoms with Crippen LogP contribution >= 0.6 is 0 Å². The first-order valence-electron chi connectivity index (χ1n) is 7.02. The molecule has 6 heteroatoms. The van der Waals surface area contributed by atoms with Crippen molar-refractivity contribution < 1.29 is 8.42 Å². The summed E-state index contributed by atoms with van der Waals surface area (Å²) in [4.78, 5) is 0.290. The van der Waals surface area contributed by atoms with Crippen molar-refractivity contribution in [2.75, 3.05) is 10.8 Å². The van der Waals surface area contributed by atoms with E-state index in [-0.39, 0.29) is 0 Å². The van der Waals surface area contributed by atoms with Gasteiger partial charge in [-0.3, -0.25) is 8.99 Å². The first kappa shape index (κ1) is 14.1. The van der Waals surface area contributed by atoms with Gasteiger partial charge in [0.25, 0.3) is 10.0 Å². The fourth-order valence-corrected chi connectivity index (χ4v) is 4.52. The monoisotopic (exact) mass is 305 g/mol. The average molecular weight is 305 g/mol. The number of benzene rings is 1. The lowest BCUT2D eigenvalue weighted by atomic mass is 10.0. The SMILES string of the molecule is Cc1ccc2c(c1)CCCN2S(=O)(=O)c1cnn(C)c1C. The van der Waals surface area contributed by atoms with Crippen molar-refractivity contribution in [3.8, 4) is 0 Å². The van der Waals surface area contributed by atoms with Crippen molar-refractivity contribution in [2.24, 2.45) is 7.05 Å². The van der Waals surface area contributed by atoms with Gasteiger partial charge in [-0.1, -0.05) is 17.7 Å². The molecule has 1 aromatic carbocycles. The van der Waals surface area contributed by atoms with E-state index in [1.165, 1.54) is 10.5 Å². The van der Waals surface area contributed by atoms with Crippen molar-refractivity contribution in [3.05, 3.63) is 41.2 Å². The van der Waals surface area contributed by atoms with Crippen LogP contribution in [-0.4, -0.2) is 24.7 Å². The smallest absolute Gasteiger partial charge is 0.267 e. The third kappa shape index (κ3) is 2.23. The van der Waals surface area contributed by atoms with Crippen molar-refractivity contribution in [3.63, 3.8) is 0 Å². The Kier molecular flexibility index (Phi) is 3.28. The number of rotatable bonds is 2. The second-order valence-electron chi connectivity index (χ2n) is 5.53. The number of aryl methyl sites for hydroxylation is 3. The molecule has 0 amide bonds. The Morgan fingerprint density at radius 1 is 1.24 bits per heavy atom. The maximum atomic E-state index is 12.9. The quantitative estimate of drug-likeness (QED) is 0.854. The van der Waals surface area contributed by atoms with Crippen LogP contribution in [-0.2, 0) is 23.5 Å². The molecule has 3 rings (SSSR count). The molecule has 1 aromatic heterocycles. The molecular formula is C15H19N3O2S. The van der Waals surface area contributed by atoms with Gasteiger partial charge in [-0.2, -0.15) is 5.10 Å². The lowest BCUT2D eigenvalue weighted by Gasteiger charge is -2.30. The lowest BCUT2D eigenvalue weighted by Crippen LogP contribution is -2.35. The standard InChI is InChI=1S/C15H19N3O2S/c1-11-6-7-14-13(9-11)5-4-8-18(14)21(19,20)15-10-16-17(3)12(15)2/h6-7,9-10H,4-5,8H2,1-3H3. The van der Waals surface area contributed by atoms with Crippen LogP contribution in [0.2, 0.25) is 0 Å². The summed E-state index contributed by atoms with van der Waals surface area (Å²) in [5.74, 6) is 0. The molecule has 21 heavy (non-hydrogen) atoms. The topological polar surface area (TPSA) is 55.2 Å². The maximum Gasteiger partial charge on any atom is 0.267 e. The normalized spacial score (nSPS) is 15.1. The number of sulfonamides is 1. The third-order valence-corrected chi connectivity index (χ3v) is 5.99. The molecule has 0 bridgehead atoms. The molecule has 0 radical (unpaired) electrons. The number of nitrogens with zero attached hydrogens (tertiary/aromatic N) is 3. The Bertz CT molecular complexity index is 793. The van der Waals surface area contributed by atoms with Crippen molar-refractivity contribution in [1.29, 1.82) is 0 Å². The van der Waals surface area contributed by atoms with Crippen LogP contribution in [0.25, 0.3) is 0 Å². The van der Waals surface area contributed by atoms with Crippen molar-refractivity contribution >= 4 is 15.7 Å². The van der Waals surface area contributed by atoms with Crippen LogP contribution in [0.4, 0.5) is 5.69 Å². The van der Waals surface area contributed by atoms with Gasteiger partial charge in [-0.05, 0) is 38.3 Å². The summed E-state index contributed by atoms with van der Waals surface area (Å²) in [7, 11) is -1.80.